The number of ether oxygens (including phenoxy) is 2. The highest BCUT2D eigenvalue weighted by Crippen LogP contribution is 2.22. The molecular weight excluding hydrogens is 354 g/mol. The van der Waals surface area contributed by atoms with Crippen molar-refractivity contribution in [2.75, 3.05) is 51.1 Å². The molecule has 0 unspecified atom stereocenters. The first kappa shape index (κ1) is 20.1. The van der Waals surface area contributed by atoms with Gasteiger partial charge in [0.05, 0.1) is 31.2 Å². The minimum Gasteiger partial charge on any atom is -0.397 e. The molecule has 1 aliphatic heterocycles. The van der Waals surface area contributed by atoms with Gasteiger partial charge in [-0.1, -0.05) is 30.4 Å². The molecule has 1 fully saturated rings. The van der Waals surface area contributed by atoms with Crippen LogP contribution in [0, 0.1) is 0 Å². The zero-order valence-corrected chi connectivity index (χ0v) is 16.2. The third-order valence-corrected chi connectivity index (χ3v) is 4.62. The largest absolute Gasteiger partial charge is 0.397 e. The summed E-state index contributed by atoms with van der Waals surface area (Å²) in [6.45, 7) is 4.84. The Labute approximate surface area is 165 Å². The van der Waals surface area contributed by atoms with Gasteiger partial charge in [-0.05, 0) is 35.4 Å². The number of nitrogens with zero attached hydrogens (tertiary/aromatic N) is 1. The number of nitrogens with one attached hydrogen (secondary N) is 1. The number of anilines is 2. The van der Waals surface area contributed by atoms with Gasteiger partial charge < -0.3 is 20.5 Å². The molecule has 0 bridgehead atoms. The van der Waals surface area contributed by atoms with Gasteiger partial charge in [0.2, 0.25) is 0 Å². The van der Waals surface area contributed by atoms with Crippen molar-refractivity contribution in [3.8, 4) is 0 Å². The van der Waals surface area contributed by atoms with Crippen LogP contribution in [0.2, 0.25) is 0 Å². The summed E-state index contributed by atoms with van der Waals surface area (Å²) >= 11 is 0. The van der Waals surface area contributed by atoms with E-state index in [0.29, 0.717) is 23.5 Å². The highest BCUT2D eigenvalue weighted by molar-refractivity contribution is 6.05. The highest BCUT2D eigenvalue weighted by atomic mass is 16.5. The number of amides is 1. The Balaban J connectivity index is 1.63. The zero-order valence-electron chi connectivity index (χ0n) is 16.2. The molecular formula is C22H27N3O3. The first-order chi connectivity index (χ1) is 13.7. The predicted octanol–water partition coefficient (Wildman–Crippen LogP) is 3.01. The van der Waals surface area contributed by atoms with Crippen molar-refractivity contribution in [1.29, 1.82) is 0 Å². The van der Waals surface area contributed by atoms with Crippen LogP contribution in [0.15, 0.2) is 48.5 Å². The summed E-state index contributed by atoms with van der Waals surface area (Å²) < 4.78 is 10.4. The summed E-state index contributed by atoms with van der Waals surface area (Å²) in [4.78, 5) is 15.0. The van der Waals surface area contributed by atoms with Gasteiger partial charge in [-0.3, -0.25) is 9.69 Å². The number of carbonyl (C=O) groups excluding carboxylic acids is 1. The molecule has 0 aliphatic carbocycles. The quantitative estimate of drug-likeness (QED) is 0.721. The maximum Gasteiger partial charge on any atom is 0.255 e. The second kappa shape index (κ2) is 10.0. The van der Waals surface area contributed by atoms with Crippen molar-refractivity contribution in [3.05, 3.63) is 65.2 Å². The Kier molecular flexibility index (Phi) is 7.19. The fraction of sp³-hybridized carbons (Fsp3) is 0.318. The normalized spacial score (nSPS) is 15.0. The molecule has 1 saturated heterocycles. The molecule has 0 saturated carbocycles. The molecule has 148 valence electrons. The minimum atomic E-state index is -0.178. The van der Waals surface area contributed by atoms with Gasteiger partial charge in [-0.15, -0.1) is 0 Å². The molecule has 3 rings (SSSR count). The van der Waals surface area contributed by atoms with E-state index in [2.05, 4.69) is 10.2 Å². The van der Waals surface area contributed by atoms with Crippen molar-refractivity contribution in [1.82, 2.24) is 4.90 Å². The molecule has 3 N–H and O–H groups in total. The third kappa shape index (κ3) is 5.66. The summed E-state index contributed by atoms with van der Waals surface area (Å²) in [5, 5.41) is 2.90. The Morgan fingerprint density at radius 3 is 2.68 bits per heavy atom. The fourth-order valence-electron chi connectivity index (χ4n) is 3.04. The van der Waals surface area contributed by atoms with Crippen LogP contribution in [0.25, 0.3) is 6.08 Å². The molecule has 6 nitrogen and oxygen atoms in total. The van der Waals surface area contributed by atoms with Gasteiger partial charge >= 0.3 is 0 Å². The predicted molar refractivity (Wildman–Crippen MR) is 112 cm³/mol. The Morgan fingerprint density at radius 1 is 1.21 bits per heavy atom. The molecule has 0 radical (unpaired) electrons. The van der Waals surface area contributed by atoms with Crippen molar-refractivity contribution in [2.24, 2.45) is 0 Å². The highest BCUT2D eigenvalue weighted by Gasteiger charge is 2.12. The van der Waals surface area contributed by atoms with E-state index < -0.39 is 0 Å². The van der Waals surface area contributed by atoms with E-state index in [1.54, 1.807) is 13.2 Å². The summed E-state index contributed by atoms with van der Waals surface area (Å²) in [6, 6.07) is 13.2. The average Bonchev–Trinajstić information content (AvgIpc) is 2.72. The van der Waals surface area contributed by atoms with Gasteiger partial charge in [0, 0.05) is 32.3 Å². The molecule has 1 amide bonds. The molecule has 6 heteroatoms. The Morgan fingerprint density at radius 2 is 1.96 bits per heavy atom. The zero-order chi connectivity index (χ0) is 19.8. The van der Waals surface area contributed by atoms with Crippen LogP contribution in [0.4, 0.5) is 11.4 Å². The lowest BCUT2D eigenvalue weighted by atomic mass is 10.1. The van der Waals surface area contributed by atoms with Crippen LogP contribution in [-0.2, 0) is 16.0 Å². The van der Waals surface area contributed by atoms with E-state index in [1.165, 1.54) is 5.56 Å². The lowest BCUT2D eigenvalue weighted by molar-refractivity contribution is 0.0342. The molecule has 0 aromatic heterocycles. The summed E-state index contributed by atoms with van der Waals surface area (Å²) in [6.07, 6.45) is 3.84. The second-order valence-electron chi connectivity index (χ2n) is 6.74. The van der Waals surface area contributed by atoms with Crippen LogP contribution in [0.1, 0.15) is 21.5 Å². The Bertz CT molecular complexity index is 812. The van der Waals surface area contributed by atoms with Gasteiger partial charge in [0.25, 0.3) is 5.91 Å². The van der Waals surface area contributed by atoms with Crippen molar-refractivity contribution in [3.63, 3.8) is 0 Å². The number of hydrogen-bond acceptors (Lipinski definition) is 5. The van der Waals surface area contributed by atoms with E-state index in [9.17, 15) is 4.79 Å². The number of nitrogen functional groups attached to an aromatic ring is 1. The number of carbonyl (C=O) groups is 1. The van der Waals surface area contributed by atoms with Crippen LogP contribution >= 0.6 is 0 Å². The van der Waals surface area contributed by atoms with Crippen LogP contribution in [0.5, 0.6) is 0 Å². The first-order valence-electron chi connectivity index (χ1n) is 9.41. The van der Waals surface area contributed by atoms with Crippen LogP contribution in [0.3, 0.4) is 0 Å². The van der Waals surface area contributed by atoms with Crippen LogP contribution in [-0.4, -0.2) is 50.8 Å². The molecule has 1 aliphatic rings. The van der Waals surface area contributed by atoms with Gasteiger partial charge in [-0.25, -0.2) is 0 Å². The number of nitrogens with two attached hydrogens (primary N) is 1. The van der Waals surface area contributed by atoms with E-state index in [1.807, 2.05) is 48.6 Å². The van der Waals surface area contributed by atoms with Gasteiger partial charge in [0.1, 0.15) is 0 Å². The maximum absolute atomic E-state index is 12.6. The molecule has 0 spiro atoms. The van der Waals surface area contributed by atoms with Crippen molar-refractivity contribution < 1.29 is 14.3 Å². The minimum absolute atomic E-state index is 0.178. The molecule has 0 atom stereocenters. The van der Waals surface area contributed by atoms with E-state index in [-0.39, 0.29) is 5.91 Å². The number of morpholine rings is 1. The third-order valence-electron chi connectivity index (χ3n) is 4.62. The first-order valence-corrected chi connectivity index (χ1v) is 9.41. The maximum atomic E-state index is 12.6. The lowest BCUT2D eigenvalue weighted by Crippen LogP contribution is -2.35. The number of rotatable bonds is 7. The van der Waals surface area contributed by atoms with E-state index in [4.69, 9.17) is 15.2 Å². The monoisotopic (exact) mass is 381 g/mol. The van der Waals surface area contributed by atoms with Crippen molar-refractivity contribution in [2.45, 2.75) is 6.54 Å². The summed E-state index contributed by atoms with van der Waals surface area (Å²) in [5.74, 6) is -0.178. The topological polar surface area (TPSA) is 76.8 Å². The summed E-state index contributed by atoms with van der Waals surface area (Å²) in [7, 11) is 1.64. The fourth-order valence-corrected chi connectivity index (χ4v) is 3.04. The van der Waals surface area contributed by atoms with E-state index >= 15 is 0 Å². The SMILES string of the molecule is COCC=Cc1ccc(N)c(NC(=O)c2ccc(CN3CCOCC3)cc2)c1. The van der Waals surface area contributed by atoms with Crippen LogP contribution < -0.4 is 11.1 Å². The Hall–Kier alpha value is -2.67. The lowest BCUT2D eigenvalue weighted by Gasteiger charge is -2.26. The number of methoxy groups -OCH3 is 1. The molecule has 2 aromatic rings. The second-order valence-corrected chi connectivity index (χ2v) is 6.74. The number of hydrogen-bond donors (Lipinski definition) is 2. The molecule has 2 aromatic carbocycles. The van der Waals surface area contributed by atoms with Gasteiger partial charge in [-0.2, -0.15) is 0 Å². The van der Waals surface area contributed by atoms with Gasteiger partial charge in [0.15, 0.2) is 0 Å². The molecule has 1 heterocycles. The molecule has 28 heavy (non-hydrogen) atoms. The standard InChI is InChI=1S/C22H27N3O3/c1-27-12-2-3-17-6-9-20(23)21(15-17)24-22(26)19-7-4-18(5-8-19)16-25-10-13-28-14-11-25/h2-9,15H,10-14,16,23H2,1H3,(H,24,26). The average molecular weight is 381 g/mol. The van der Waals surface area contributed by atoms with Crippen molar-refractivity contribution >= 4 is 23.4 Å². The number of benzene rings is 2. The smallest absolute Gasteiger partial charge is 0.255 e. The summed E-state index contributed by atoms with van der Waals surface area (Å²) in [5.41, 5.74) is 9.88. The van der Waals surface area contributed by atoms with E-state index in [0.717, 1.165) is 38.4 Å².